The minimum absolute atomic E-state index is 0.0554. The molecule has 0 aliphatic carbocycles. The van der Waals surface area contributed by atoms with Crippen LogP contribution in [0.3, 0.4) is 0 Å². The number of aromatic hydroxyl groups is 2. The smallest absolute Gasteiger partial charge is 0.236 e. The second-order valence-corrected chi connectivity index (χ2v) is 13.2. The Morgan fingerprint density at radius 2 is 0.857 bits per heavy atom. The lowest BCUT2D eigenvalue weighted by molar-refractivity contribution is 0.475. The number of phenolic OH excluding ortho intramolecular Hbond substituents is 2. The van der Waals surface area contributed by atoms with Gasteiger partial charge in [0.1, 0.15) is 11.5 Å². The zero-order chi connectivity index (χ0) is 29.7. The van der Waals surface area contributed by atoms with Gasteiger partial charge in [0.15, 0.2) is 0 Å². The average molecular weight is 601 g/mol. The lowest BCUT2D eigenvalue weighted by atomic mass is 9.99. The van der Waals surface area contributed by atoms with Crippen molar-refractivity contribution in [1.29, 1.82) is 0 Å². The topological polar surface area (TPSA) is 133 Å². The van der Waals surface area contributed by atoms with Gasteiger partial charge in [0.2, 0.25) is 20.0 Å². The summed E-state index contributed by atoms with van der Waals surface area (Å²) in [4.78, 5) is 0. The minimum atomic E-state index is -3.66. The molecule has 0 aliphatic rings. The third-order valence-electron chi connectivity index (χ3n) is 6.43. The van der Waals surface area contributed by atoms with E-state index >= 15 is 0 Å². The highest BCUT2D eigenvalue weighted by atomic mass is 32.2. The fourth-order valence-electron chi connectivity index (χ4n) is 4.42. The number of hydrogen-bond donors (Lipinski definition) is 4. The normalized spacial score (nSPS) is 11.6. The second-order valence-electron chi connectivity index (χ2n) is 9.79. The van der Waals surface area contributed by atoms with E-state index in [0.717, 1.165) is 22.3 Å². The molecule has 0 radical (unpaired) electrons. The molecule has 10 heteroatoms. The number of nitrogens with one attached hydrogen (secondary N) is 2. The Morgan fingerprint density at radius 1 is 0.452 bits per heavy atom. The van der Waals surface area contributed by atoms with Crippen molar-refractivity contribution in [1.82, 2.24) is 0 Å². The van der Waals surface area contributed by atoms with Gasteiger partial charge in [0.05, 0.1) is 11.5 Å². The molecule has 0 bridgehead atoms. The summed E-state index contributed by atoms with van der Waals surface area (Å²) >= 11 is 0. The largest absolute Gasteiger partial charge is 0.508 e. The maximum Gasteiger partial charge on any atom is 0.236 e. The molecule has 0 aromatic heterocycles. The zero-order valence-corrected chi connectivity index (χ0v) is 23.9. The maximum absolute atomic E-state index is 12.7. The number of benzene rings is 5. The van der Waals surface area contributed by atoms with Crippen molar-refractivity contribution in [2.45, 2.75) is 11.5 Å². The molecule has 5 aromatic rings. The highest BCUT2D eigenvalue weighted by Crippen LogP contribution is 2.27. The molecule has 0 aliphatic heterocycles. The SMILES string of the molecule is O=S(=O)(Cc1ccc(-c2ccc(-c3cccc(CS(=O)(=O)Nc4ccc(O)cc4)c3)cc2)cc1)Nc1ccc(O)cc1. The third-order valence-corrected chi connectivity index (χ3v) is 8.95. The van der Waals surface area contributed by atoms with E-state index in [1.165, 1.54) is 48.5 Å². The van der Waals surface area contributed by atoms with Crippen LogP contribution in [0.5, 0.6) is 11.5 Å². The van der Waals surface area contributed by atoms with Crippen molar-refractivity contribution < 1.29 is 27.0 Å². The fourth-order valence-corrected chi connectivity index (χ4v) is 6.80. The molecule has 5 rings (SSSR count). The molecular formula is C32H28N2O6S2. The molecule has 0 fully saturated rings. The summed E-state index contributed by atoms with van der Waals surface area (Å²) in [5.74, 6) is -0.281. The van der Waals surface area contributed by atoms with Crippen molar-refractivity contribution in [3.63, 3.8) is 0 Å². The van der Waals surface area contributed by atoms with Crippen molar-refractivity contribution in [2.24, 2.45) is 0 Å². The summed E-state index contributed by atoms with van der Waals surface area (Å²) < 4.78 is 55.5. The van der Waals surface area contributed by atoms with Gasteiger partial charge in [-0.25, -0.2) is 16.8 Å². The van der Waals surface area contributed by atoms with E-state index in [-0.39, 0.29) is 23.0 Å². The summed E-state index contributed by atoms with van der Waals surface area (Å²) in [6.45, 7) is 0. The minimum Gasteiger partial charge on any atom is -0.508 e. The van der Waals surface area contributed by atoms with E-state index in [1.807, 2.05) is 54.6 Å². The van der Waals surface area contributed by atoms with Crippen LogP contribution in [-0.2, 0) is 31.6 Å². The highest BCUT2D eigenvalue weighted by Gasteiger charge is 2.14. The molecule has 8 nitrogen and oxygen atoms in total. The van der Waals surface area contributed by atoms with Gasteiger partial charge in [0.25, 0.3) is 0 Å². The monoisotopic (exact) mass is 600 g/mol. The van der Waals surface area contributed by atoms with Crippen molar-refractivity contribution in [3.8, 4) is 33.8 Å². The highest BCUT2D eigenvalue weighted by molar-refractivity contribution is 7.92. The Kier molecular flexibility index (Phi) is 8.19. The van der Waals surface area contributed by atoms with Crippen LogP contribution in [0.4, 0.5) is 11.4 Å². The standard InChI is InChI=1S/C32H28N2O6S2/c35-31-16-12-29(13-17-31)33-41(37,38)21-23-4-6-25(7-5-23)26-8-10-27(11-9-26)28-3-1-2-24(20-28)22-42(39,40)34-30-14-18-32(36)19-15-30/h1-20,33-36H,21-22H2. The van der Waals surface area contributed by atoms with E-state index in [0.29, 0.717) is 22.5 Å². The van der Waals surface area contributed by atoms with E-state index in [2.05, 4.69) is 9.44 Å². The molecule has 0 saturated carbocycles. The van der Waals surface area contributed by atoms with Crippen LogP contribution in [0.1, 0.15) is 11.1 Å². The predicted molar refractivity (Wildman–Crippen MR) is 166 cm³/mol. The predicted octanol–water partition coefficient (Wildman–Crippen LogP) is 6.32. The van der Waals surface area contributed by atoms with Crippen LogP contribution >= 0.6 is 0 Å². The number of hydrogen-bond acceptors (Lipinski definition) is 6. The van der Waals surface area contributed by atoms with Gasteiger partial charge >= 0.3 is 0 Å². The van der Waals surface area contributed by atoms with Crippen LogP contribution < -0.4 is 9.44 Å². The first kappa shape index (κ1) is 28.7. The molecule has 4 N–H and O–H groups in total. The molecule has 0 heterocycles. The second kappa shape index (κ2) is 12.0. The Balaban J connectivity index is 1.23. The first-order chi connectivity index (χ1) is 20.0. The molecule has 0 amide bonds. The number of sulfonamides is 2. The van der Waals surface area contributed by atoms with Crippen LogP contribution in [0.25, 0.3) is 22.3 Å². The number of phenols is 2. The van der Waals surface area contributed by atoms with E-state index in [9.17, 15) is 27.0 Å². The lowest BCUT2D eigenvalue weighted by Gasteiger charge is -2.10. The quantitative estimate of drug-likeness (QED) is 0.139. The Labute approximate surface area is 245 Å². The Hall–Kier alpha value is -4.80. The van der Waals surface area contributed by atoms with Crippen LogP contribution in [0.2, 0.25) is 0 Å². The van der Waals surface area contributed by atoms with Gasteiger partial charge in [-0.05, 0) is 81.9 Å². The van der Waals surface area contributed by atoms with Crippen molar-refractivity contribution in [3.05, 3.63) is 132 Å². The van der Waals surface area contributed by atoms with Gasteiger partial charge in [-0.15, -0.1) is 0 Å². The molecule has 0 atom stereocenters. The summed E-state index contributed by atoms with van der Waals surface area (Å²) in [6.07, 6.45) is 0. The first-order valence-corrected chi connectivity index (χ1v) is 16.2. The fraction of sp³-hybridized carbons (Fsp3) is 0.0625. The lowest BCUT2D eigenvalue weighted by Crippen LogP contribution is -2.15. The first-order valence-electron chi connectivity index (χ1n) is 12.9. The molecule has 42 heavy (non-hydrogen) atoms. The maximum atomic E-state index is 12.7. The summed E-state index contributed by atoms with van der Waals surface area (Å²) in [6, 6.07) is 34.1. The molecule has 214 valence electrons. The van der Waals surface area contributed by atoms with Crippen LogP contribution in [0, 0.1) is 0 Å². The molecular weight excluding hydrogens is 572 g/mol. The third kappa shape index (κ3) is 7.68. The van der Waals surface area contributed by atoms with Crippen LogP contribution in [-0.4, -0.2) is 27.0 Å². The number of rotatable bonds is 10. The average Bonchev–Trinajstić information content (AvgIpc) is 2.95. The molecule has 0 saturated heterocycles. The summed E-state index contributed by atoms with van der Waals surface area (Å²) in [5, 5.41) is 18.8. The van der Waals surface area contributed by atoms with Crippen molar-refractivity contribution >= 4 is 31.4 Å². The summed E-state index contributed by atoms with van der Waals surface area (Å²) in [7, 11) is -7.29. The Bertz CT molecular complexity index is 1890. The molecule has 5 aromatic carbocycles. The van der Waals surface area contributed by atoms with E-state index < -0.39 is 20.0 Å². The Morgan fingerprint density at radius 3 is 1.33 bits per heavy atom. The van der Waals surface area contributed by atoms with Gasteiger partial charge in [-0.3, -0.25) is 9.44 Å². The molecule has 0 unspecified atom stereocenters. The van der Waals surface area contributed by atoms with Gasteiger partial charge in [-0.1, -0.05) is 72.8 Å². The number of anilines is 2. The van der Waals surface area contributed by atoms with Gasteiger partial charge in [-0.2, -0.15) is 0 Å². The van der Waals surface area contributed by atoms with Gasteiger partial charge < -0.3 is 10.2 Å². The van der Waals surface area contributed by atoms with Gasteiger partial charge in [0, 0.05) is 11.4 Å². The van der Waals surface area contributed by atoms with E-state index in [1.54, 1.807) is 18.2 Å². The van der Waals surface area contributed by atoms with Crippen LogP contribution in [0.15, 0.2) is 121 Å². The molecule has 0 spiro atoms. The van der Waals surface area contributed by atoms with Crippen molar-refractivity contribution in [2.75, 3.05) is 9.44 Å². The van der Waals surface area contributed by atoms with E-state index in [4.69, 9.17) is 0 Å². The summed E-state index contributed by atoms with van der Waals surface area (Å²) in [5.41, 5.74) is 5.69. The zero-order valence-electron chi connectivity index (χ0n) is 22.3.